The van der Waals surface area contributed by atoms with Crippen LogP contribution >= 0.6 is 46.3 Å². The standard InChI is InChI=1S/C21H22IN3O3S.ClH/c1-24(2)8-5-9-25(20(26)14-6-3-4-7-15(14)22)21-23-16-12-17-18(13-19(16)29-21)28-11-10-27-17;/h3-4,6-7,12-13H,5,8-11H2,1-2H3;1H. The molecule has 1 aliphatic heterocycles. The van der Waals surface area contributed by atoms with E-state index in [1.807, 2.05) is 50.5 Å². The Labute approximate surface area is 199 Å². The van der Waals surface area contributed by atoms with E-state index < -0.39 is 0 Å². The highest BCUT2D eigenvalue weighted by Crippen LogP contribution is 2.39. The van der Waals surface area contributed by atoms with Gasteiger partial charge in [-0.1, -0.05) is 23.5 Å². The predicted molar refractivity (Wildman–Crippen MR) is 132 cm³/mol. The van der Waals surface area contributed by atoms with Gasteiger partial charge >= 0.3 is 0 Å². The molecule has 2 aromatic carbocycles. The van der Waals surface area contributed by atoms with E-state index in [4.69, 9.17) is 14.5 Å². The number of halogens is 2. The number of amides is 1. The molecule has 30 heavy (non-hydrogen) atoms. The summed E-state index contributed by atoms with van der Waals surface area (Å²) in [5.74, 6) is 1.43. The first kappa shape index (κ1) is 23.1. The normalized spacial score (nSPS) is 12.7. The fraction of sp³-hybridized carbons (Fsp3) is 0.333. The molecule has 0 spiro atoms. The SMILES string of the molecule is CN(C)CCCN(C(=O)c1ccccc1I)c1nc2cc3c(cc2s1)OCCO3.Cl. The summed E-state index contributed by atoms with van der Waals surface area (Å²) in [6.45, 7) is 2.59. The number of hydrogen-bond donors (Lipinski definition) is 0. The minimum absolute atomic E-state index is 0. The van der Waals surface area contributed by atoms with Crippen molar-refractivity contribution in [2.24, 2.45) is 0 Å². The topological polar surface area (TPSA) is 54.9 Å². The number of anilines is 1. The van der Waals surface area contributed by atoms with E-state index in [2.05, 4.69) is 27.5 Å². The Morgan fingerprint density at radius 3 is 2.53 bits per heavy atom. The molecule has 0 atom stereocenters. The van der Waals surface area contributed by atoms with Gasteiger partial charge in [-0.05, 0) is 61.8 Å². The van der Waals surface area contributed by atoms with Crippen molar-refractivity contribution in [1.82, 2.24) is 9.88 Å². The van der Waals surface area contributed by atoms with Gasteiger partial charge in [0.25, 0.3) is 5.91 Å². The smallest absolute Gasteiger partial charge is 0.261 e. The highest BCUT2D eigenvalue weighted by Gasteiger charge is 2.24. The lowest BCUT2D eigenvalue weighted by Crippen LogP contribution is -2.33. The van der Waals surface area contributed by atoms with E-state index in [-0.39, 0.29) is 18.3 Å². The van der Waals surface area contributed by atoms with Gasteiger partial charge in [-0.3, -0.25) is 9.69 Å². The number of aromatic nitrogens is 1. The first-order valence-electron chi connectivity index (χ1n) is 9.44. The van der Waals surface area contributed by atoms with Crippen molar-refractivity contribution in [1.29, 1.82) is 0 Å². The molecule has 3 aromatic rings. The summed E-state index contributed by atoms with van der Waals surface area (Å²) in [6, 6.07) is 11.5. The van der Waals surface area contributed by atoms with Gasteiger partial charge < -0.3 is 14.4 Å². The summed E-state index contributed by atoms with van der Waals surface area (Å²) in [5.41, 5.74) is 1.52. The Morgan fingerprint density at radius 1 is 1.13 bits per heavy atom. The lowest BCUT2D eigenvalue weighted by molar-refractivity contribution is 0.0985. The maximum atomic E-state index is 13.4. The van der Waals surface area contributed by atoms with E-state index in [1.54, 1.807) is 4.90 Å². The second kappa shape index (κ2) is 10.1. The number of carbonyl (C=O) groups excluding carboxylic acids is 1. The lowest BCUT2D eigenvalue weighted by atomic mass is 10.2. The van der Waals surface area contributed by atoms with E-state index in [0.29, 0.717) is 36.2 Å². The zero-order chi connectivity index (χ0) is 20.4. The summed E-state index contributed by atoms with van der Waals surface area (Å²) in [6.07, 6.45) is 0.862. The number of carbonyl (C=O) groups is 1. The van der Waals surface area contributed by atoms with E-state index in [1.165, 1.54) is 11.3 Å². The molecule has 0 saturated heterocycles. The Hall–Kier alpha value is -1.62. The fourth-order valence-corrected chi connectivity index (χ4v) is 4.80. The molecular weight excluding hydrogens is 537 g/mol. The maximum Gasteiger partial charge on any atom is 0.261 e. The molecule has 0 bridgehead atoms. The predicted octanol–water partition coefficient (Wildman–Crippen LogP) is 4.69. The third-order valence-electron chi connectivity index (χ3n) is 4.61. The van der Waals surface area contributed by atoms with Gasteiger partial charge in [-0.2, -0.15) is 0 Å². The van der Waals surface area contributed by atoms with Crippen LogP contribution in [0.1, 0.15) is 16.8 Å². The number of thiazole rings is 1. The molecule has 6 nitrogen and oxygen atoms in total. The van der Waals surface area contributed by atoms with Crippen molar-refractivity contribution < 1.29 is 14.3 Å². The lowest BCUT2D eigenvalue weighted by Gasteiger charge is -2.21. The number of benzene rings is 2. The van der Waals surface area contributed by atoms with Crippen LogP contribution in [0.4, 0.5) is 5.13 Å². The van der Waals surface area contributed by atoms with Crippen LogP contribution in [0, 0.1) is 3.57 Å². The molecule has 0 saturated carbocycles. The molecule has 1 aromatic heterocycles. The maximum absolute atomic E-state index is 13.4. The molecule has 160 valence electrons. The molecule has 9 heteroatoms. The van der Waals surface area contributed by atoms with Crippen LogP contribution in [-0.2, 0) is 0 Å². The Kier molecular flexibility index (Phi) is 7.78. The highest BCUT2D eigenvalue weighted by molar-refractivity contribution is 14.1. The summed E-state index contributed by atoms with van der Waals surface area (Å²) >= 11 is 3.72. The van der Waals surface area contributed by atoms with Gasteiger partial charge in [0.15, 0.2) is 16.6 Å². The van der Waals surface area contributed by atoms with E-state index >= 15 is 0 Å². The highest BCUT2D eigenvalue weighted by atomic mass is 127. The van der Waals surface area contributed by atoms with Gasteiger partial charge in [0.05, 0.1) is 15.8 Å². The molecular formula is C21H23ClIN3O3S. The van der Waals surface area contributed by atoms with Crippen molar-refractivity contribution in [3.8, 4) is 11.5 Å². The average molecular weight is 560 g/mol. The van der Waals surface area contributed by atoms with Crippen LogP contribution in [-0.4, -0.2) is 56.2 Å². The molecule has 0 fully saturated rings. The van der Waals surface area contributed by atoms with E-state index in [9.17, 15) is 4.79 Å². The number of rotatable bonds is 6. The third kappa shape index (κ3) is 4.99. The van der Waals surface area contributed by atoms with Gasteiger partial charge in [-0.15, -0.1) is 12.4 Å². The molecule has 1 amide bonds. The first-order chi connectivity index (χ1) is 14.0. The van der Waals surface area contributed by atoms with Crippen LogP contribution in [0.25, 0.3) is 10.2 Å². The van der Waals surface area contributed by atoms with Crippen molar-refractivity contribution in [3.63, 3.8) is 0 Å². The van der Waals surface area contributed by atoms with Crippen LogP contribution in [0.2, 0.25) is 0 Å². The quantitative estimate of drug-likeness (QED) is 0.410. The number of ether oxygens (including phenoxy) is 2. The zero-order valence-corrected chi connectivity index (χ0v) is 20.6. The van der Waals surface area contributed by atoms with Crippen molar-refractivity contribution >= 4 is 67.6 Å². The zero-order valence-electron chi connectivity index (χ0n) is 16.8. The van der Waals surface area contributed by atoms with Crippen molar-refractivity contribution in [2.45, 2.75) is 6.42 Å². The van der Waals surface area contributed by atoms with Gasteiger partial charge in [-0.25, -0.2) is 4.98 Å². The van der Waals surface area contributed by atoms with Gasteiger partial charge in [0, 0.05) is 22.2 Å². The van der Waals surface area contributed by atoms with Gasteiger partial charge in [0.1, 0.15) is 13.2 Å². The second-order valence-electron chi connectivity index (χ2n) is 7.05. The number of hydrogen-bond acceptors (Lipinski definition) is 6. The minimum Gasteiger partial charge on any atom is -0.486 e. The largest absolute Gasteiger partial charge is 0.486 e. The third-order valence-corrected chi connectivity index (χ3v) is 6.59. The summed E-state index contributed by atoms with van der Waals surface area (Å²) < 4.78 is 13.3. The molecule has 1 aliphatic rings. The second-order valence-corrected chi connectivity index (χ2v) is 9.22. The Balaban J connectivity index is 0.00000256. The van der Waals surface area contributed by atoms with Crippen LogP contribution < -0.4 is 14.4 Å². The average Bonchev–Trinajstić information content (AvgIpc) is 3.11. The fourth-order valence-electron chi connectivity index (χ4n) is 3.18. The molecule has 0 N–H and O–H groups in total. The van der Waals surface area contributed by atoms with E-state index in [0.717, 1.165) is 32.5 Å². The summed E-state index contributed by atoms with van der Waals surface area (Å²) in [7, 11) is 4.07. The molecule has 2 heterocycles. The van der Waals surface area contributed by atoms with Crippen LogP contribution in [0.3, 0.4) is 0 Å². The molecule has 0 aliphatic carbocycles. The van der Waals surface area contributed by atoms with Crippen LogP contribution in [0.15, 0.2) is 36.4 Å². The van der Waals surface area contributed by atoms with Gasteiger partial charge in [0.2, 0.25) is 0 Å². The first-order valence-corrected chi connectivity index (χ1v) is 11.3. The van der Waals surface area contributed by atoms with Crippen LogP contribution in [0.5, 0.6) is 11.5 Å². The van der Waals surface area contributed by atoms with Crippen molar-refractivity contribution in [3.05, 3.63) is 45.5 Å². The molecule has 0 unspecified atom stereocenters. The number of nitrogens with zero attached hydrogens (tertiary/aromatic N) is 3. The Morgan fingerprint density at radius 2 is 1.83 bits per heavy atom. The summed E-state index contributed by atoms with van der Waals surface area (Å²) in [5, 5.41) is 0.700. The minimum atomic E-state index is -0.0231. The Bertz CT molecular complexity index is 1000. The number of fused-ring (bicyclic) bond motifs is 2. The molecule has 0 radical (unpaired) electrons. The monoisotopic (exact) mass is 559 g/mol. The summed E-state index contributed by atoms with van der Waals surface area (Å²) in [4.78, 5) is 22.1. The molecule has 4 rings (SSSR count). The van der Waals surface area contributed by atoms with Crippen molar-refractivity contribution in [2.75, 3.05) is 45.3 Å².